The third-order valence-corrected chi connectivity index (χ3v) is 2.85. The van der Waals surface area contributed by atoms with Crippen molar-refractivity contribution >= 4 is 11.7 Å². The molecule has 19 heavy (non-hydrogen) atoms. The second kappa shape index (κ2) is 5.48. The number of amides is 1. The molecule has 0 aliphatic carbocycles. The third kappa shape index (κ3) is 3.07. The van der Waals surface area contributed by atoms with Crippen LogP contribution in [0.25, 0.3) is 0 Å². The first-order valence-corrected chi connectivity index (χ1v) is 5.95. The van der Waals surface area contributed by atoms with E-state index in [1.54, 1.807) is 42.1 Å². The molecule has 0 saturated carbocycles. The van der Waals surface area contributed by atoms with Gasteiger partial charge < -0.3 is 5.32 Å². The Labute approximate surface area is 111 Å². The first-order valence-electron chi connectivity index (χ1n) is 5.95. The number of nitrogens with zero attached hydrogens (tertiary/aromatic N) is 2. The van der Waals surface area contributed by atoms with Gasteiger partial charge in [-0.1, -0.05) is 30.3 Å². The Kier molecular flexibility index (Phi) is 3.75. The smallest absolute Gasteiger partial charge is 0.272 e. The van der Waals surface area contributed by atoms with E-state index in [0.29, 0.717) is 11.3 Å². The maximum atomic E-state index is 11.8. The second-order valence-electron chi connectivity index (χ2n) is 4.27. The quantitative estimate of drug-likeness (QED) is 0.841. The van der Waals surface area contributed by atoms with Crippen LogP contribution in [0.3, 0.4) is 0 Å². The van der Waals surface area contributed by atoms with Gasteiger partial charge in [0.2, 0.25) is 0 Å². The molecule has 0 aliphatic heterocycles. The van der Waals surface area contributed by atoms with Gasteiger partial charge in [-0.05, 0) is 13.0 Å². The summed E-state index contributed by atoms with van der Waals surface area (Å²) in [6.07, 6.45) is 0. The van der Waals surface area contributed by atoms with Crippen LogP contribution >= 0.6 is 0 Å². The summed E-state index contributed by atoms with van der Waals surface area (Å²) in [6.45, 7) is 1.83. The number of Topliss-reactive ketones (excluding diaryl/α,β-unsaturated/α-hetero) is 1. The number of benzene rings is 1. The van der Waals surface area contributed by atoms with Crippen molar-refractivity contribution in [1.82, 2.24) is 15.1 Å². The van der Waals surface area contributed by atoms with Gasteiger partial charge in [-0.15, -0.1) is 0 Å². The number of aromatic nitrogens is 2. The SMILES string of the molecule is Cc1cc(C(=O)NCC(=O)c2ccccc2)nn1C. The van der Waals surface area contributed by atoms with Crippen LogP contribution in [0.5, 0.6) is 0 Å². The van der Waals surface area contributed by atoms with Gasteiger partial charge in [0.1, 0.15) is 5.69 Å². The van der Waals surface area contributed by atoms with Gasteiger partial charge in [-0.25, -0.2) is 0 Å². The summed E-state index contributed by atoms with van der Waals surface area (Å²) < 4.78 is 1.62. The molecule has 1 N–H and O–H groups in total. The average molecular weight is 257 g/mol. The molecule has 0 saturated heterocycles. The van der Waals surface area contributed by atoms with Crippen molar-refractivity contribution in [1.29, 1.82) is 0 Å². The molecule has 5 heteroatoms. The highest BCUT2D eigenvalue weighted by atomic mass is 16.2. The lowest BCUT2D eigenvalue weighted by Crippen LogP contribution is -2.29. The van der Waals surface area contributed by atoms with Gasteiger partial charge in [-0.2, -0.15) is 5.10 Å². The molecule has 0 spiro atoms. The number of rotatable bonds is 4. The molecule has 2 rings (SSSR count). The molecule has 1 aromatic carbocycles. The van der Waals surface area contributed by atoms with Crippen molar-refractivity contribution in [2.45, 2.75) is 6.92 Å². The van der Waals surface area contributed by atoms with Gasteiger partial charge >= 0.3 is 0 Å². The minimum absolute atomic E-state index is 0.0293. The molecule has 1 heterocycles. The Morgan fingerprint density at radius 2 is 1.95 bits per heavy atom. The molecule has 0 atom stereocenters. The number of carbonyl (C=O) groups is 2. The standard InChI is InChI=1S/C14H15N3O2/c1-10-8-12(16-17(10)2)14(19)15-9-13(18)11-6-4-3-5-7-11/h3-8H,9H2,1-2H3,(H,15,19). The number of ketones is 1. The number of hydrogen-bond acceptors (Lipinski definition) is 3. The van der Waals surface area contributed by atoms with Crippen LogP contribution in [0, 0.1) is 6.92 Å². The van der Waals surface area contributed by atoms with Crippen LogP contribution in [-0.4, -0.2) is 28.0 Å². The van der Waals surface area contributed by atoms with Crippen molar-refractivity contribution in [2.24, 2.45) is 7.05 Å². The van der Waals surface area contributed by atoms with E-state index in [1.165, 1.54) is 0 Å². The largest absolute Gasteiger partial charge is 0.343 e. The third-order valence-electron chi connectivity index (χ3n) is 2.85. The predicted molar refractivity (Wildman–Crippen MR) is 71.1 cm³/mol. The topological polar surface area (TPSA) is 64.0 Å². The molecule has 0 fully saturated rings. The summed E-state index contributed by atoms with van der Waals surface area (Å²) in [6, 6.07) is 10.5. The molecule has 0 aliphatic rings. The van der Waals surface area contributed by atoms with Crippen molar-refractivity contribution in [2.75, 3.05) is 6.54 Å². The van der Waals surface area contributed by atoms with E-state index in [0.717, 1.165) is 5.69 Å². The Balaban J connectivity index is 1.96. The van der Waals surface area contributed by atoms with Crippen LogP contribution in [-0.2, 0) is 7.05 Å². The Bertz CT molecular complexity index is 583. The molecule has 5 nitrogen and oxygen atoms in total. The van der Waals surface area contributed by atoms with E-state index in [2.05, 4.69) is 10.4 Å². The minimum Gasteiger partial charge on any atom is -0.343 e. The number of nitrogens with one attached hydrogen (secondary N) is 1. The minimum atomic E-state index is -0.340. The Morgan fingerprint density at radius 1 is 1.26 bits per heavy atom. The summed E-state index contributed by atoms with van der Waals surface area (Å²) in [7, 11) is 1.77. The highest BCUT2D eigenvalue weighted by Gasteiger charge is 2.12. The molecule has 0 bridgehead atoms. The first kappa shape index (κ1) is 13.0. The summed E-state index contributed by atoms with van der Waals surface area (Å²) in [5, 5.41) is 6.63. The van der Waals surface area contributed by atoms with E-state index < -0.39 is 0 Å². The highest BCUT2D eigenvalue weighted by molar-refractivity contribution is 6.01. The van der Waals surface area contributed by atoms with Gasteiger partial charge in [0.15, 0.2) is 5.78 Å². The zero-order chi connectivity index (χ0) is 13.8. The van der Waals surface area contributed by atoms with E-state index in [4.69, 9.17) is 0 Å². The molecule has 0 radical (unpaired) electrons. The van der Waals surface area contributed by atoms with Crippen molar-refractivity contribution in [3.05, 3.63) is 53.3 Å². The van der Waals surface area contributed by atoms with E-state index in [9.17, 15) is 9.59 Å². The monoisotopic (exact) mass is 257 g/mol. The summed E-state index contributed by atoms with van der Waals surface area (Å²) >= 11 is 0. The van der Waals surface area contributed by atoms with Crippen LogP contribution in [0.15, 0.2) is 36.4 Å². The van der Waals surface area contributed by atoms with Gasteiger partial charge in [0.25, 0.3) is 5.91 Å². The molecule has 0 unspecified atom stereocenters. The number of carbonyl (C=O) groups excluding carboxylic acids is 2. The van der Waals surface area contributed by atoms with Gasteiger partial charge in [-0.3, -0.25) is 14.3 Å². The van der Waals surface area contributed by atoms with Gasteiger partial charge in [0, 0.05) is 18.3 Å². The van der Waals surface area contributed by atoms with Gasteiger partial charge in [0.05, 0.1) is 6.54 Å². The zero-order valence-corrected chi connectivity index (χ0v) is 10.9. The van der Waals surface area contributed by atoms with Crippen molar-refractivity contribution < 1.29 is 9.59 Å². The fourth-order valence-corrected chi connectivity index (χ4v) is 1.65. The van der Waals surface area contributed by atoms with Crippen molar-refractivity contribution in [3.63, 3.8) is 0 Å². The lowest BCUT2D eigenvalue weighted by Gasteiger charge is -2.02. The number of hydrogen-bond donors (Lipinski definition) is 1. The summed E-state index contributed by atoms with van der Waals surface area (Å²) in [5.74, 6) is -0.463. The Morgan fingerprint density at radius 3 is 2.53 bits per heavy atom. The van der Waals surface area contributed by atoms with Crippen LogP contribution in [0.4, 0.5) is 0 Å². The normalized spacial score (nSPS) is 10.2. The maximum Gasteiger partial charge on any atom is 0.272 e. The van der Waals surface area contributed by atoms with E-state index in [1.807, 2.05) is 13.0 Å². The second-order valence-corrected chi connectivity index (χ2v) is 4.27. The fourth-order valence-electron chi connectivity index (χ4n) is 1.65. The van der Waals surface area contributed by atoms with E-state index in [-0.39, 0.29) is 18.2 Å². The average Bonchev–Trinajstić information content (AvgIpc) is 2.77. The number of aryl methyl sites for hydroxylation is 2. The lowest BCUT2D eigenvalue weighted by atomic mass is 10.1. The molecule has 2 aromatic rings. The molecule has 1 aromatic heterocycles. The zero-order valence-electron chi connectivity index (χ0n) is 10.9. The highest BCUT2D eigenvalue weighted by Crippen LogP contribution is 2.02. The van der Waals surface area contributed by atoms with Crippen LogP contribution in [0.1, 0.15) is 26.5 Å². The summed E-state index contributed by atoms with van der Waals surface area (Å²) in [4.78, 5) is 23.6. The Hall–Kier alpha value is -2.43. The first-order chi connectivity index (χ1) is 9.08. The molecular weight excluding hydrogens is 242 g/mol. The summed E-state index contributed by atoms with van der Waals surface area (Å²) in [5.41, 5.74) is 1.79. The molecular formula is C14H15N3O2. The maximum absolute atomic E-state index is 11.8. The van der Waals surface area contributed by atoms with Crippen LogP contribution in [0.2, 0.25) is 0 Å². The lowest BCUT2D eigenvalue weighted by molar-refractivity contribution is 0.0900. The van der Waals surface area contributed by atoms with Crippen LogP contribution < -0.4 is 5.32 Å². The van der Waals surface area contributed by atoms with Crippen molar-refractivity contribution in [3.8, 4) is 0 Å². The predicted octanol–water partition coefficient (Wildman–Crippen LogP) is 1.34. The fraction of sp³-hybridized carbons (Fsp3) is 0.214. The van der Waals surface area contributed by atoms with E-state index >= 15 is 0 Å². The molecule has 98 valence electrons. The molecule has 1 amide bonds.